The van der Waals surface area contributed by atoms with E-state index in [1.807, 2.05) is 30.3 Å². The lowest BCUT2D eigenvalue weighted by molar-refractivity contribution is -0.156. The molecule has 0 saturated carbocycles. The Bertz CT molecular complexity index is 1120. The van der Waals surface area contributed by atoms with Crippen molar-refractivity contribution in [3.05, 3.63) is 83.6 Å². The normalized spacial score (nSPS) is 18.6. The number of rotatable bonds is 7. The van der Waals surface area contributed by atoms with Gasteiger partial charge in [-0.1, -0.05) is 32.1 Å². The number of aliphatic hydroxyl groups excluding tert-OH is 1. The molecule has 1 N–H and O–H groups in total. The number of cyclic esters (lactones) is 1. The molecule has 0 amide bonds. The number of aliphatic hydroxyl groups is 1. The van der Waals surface area contributed by atoms with Crippen molar-refractivity contribution in [2.24, 2.45) is 0 Å². The third-order valence-corrected chi connectivity index (χ3v) is 5.59. The van der Waals surface area contributed by atoms with E-state index in [1.165, 1.54) is 12.1 Å². The first kappa shape index (κ1) is 22.8. The van der Waals surface area contributed by atoms with E-state index in [4.69, 9.17) is 13.9 Å². The van der Waals surface area contributed by atoms with E-state index in [2.05, 4.69) is 13.8 Å². The second-order valence-corrected chi connectivity index (χ2v) is 8.48. The first-order valence-corrected chi connectivity index (χ1v) is 11.0. The quantitative estimate of drug-likeness (QED) is 0.456. The maximum absolute atomic E-state index is 13.6. The van der Waals surface area contributed by atoms with Gasteiger partial charge in [0.25, 0.3) is 0 Å². The van der Waals surface area contributed by atoms with Gasteiger partial charge in [0.15, 0.2) is 0 Å². The number of carbonyl (C=O) groups excluding carboxylic acids is 1. The van der Waals surface area contributed by atoms with Crippen LogP contribution in [0.1, 0.15) is 49.5 Å². The van der Waals surface area contributed by atoms with E-state index < -0.39 is 18.2 Å². The highest BCUT2D eigenvalue weighted by Gasteiger charge is 2.25. The number of esters is 1. The number of hydrogen-bond acceptors (Lipinski definition) is 5. The van der Waals surface area contributed by atoms with Crippen molar-refractivity contribution >= 4 is 12.0 Å². The van der Waals surface area contributed by atoms with Gasteiger partial charge in [0.2, 0.25) is 0 Å². The zero-order valence-corrected chi connectivity index (χ0v) is 18.7. The third kappa shape index (κ3) is 5.71. The van der Waals surface area contributed by atoms with Crippen LogP contribution in [0.2, 0.25) is 0 Å². The summed E-state index contributed by atoms with van der Waals surface area (Å²) in [5.74, 6) is 0.828. The average Bonchev–Trinajstić information content (AvgIpc) is 3.29. The van der Waals surface area contributed by atoms with Crippen LogP contribution in [0.3, 0.4) is 0 Å². The van der Waals surface area contributed by atoms with Gasteiger partial charge in [-0.3, -0.25) is 4.79 Å². The smallest absolute Gasteiger partial charge is 0.309 e. The third-order valence-electron chi connectivity index (χ3n) is 5.59. The number of ether oxygens (including phenoxy) is 2. The summed E-state index contributed by atoms with van der Waals surface area (Å²) in [6.07, 6.45) is 4.49. The lowest BCUT2D eigenvalue weighted by Crippen LogP contribution is -2.31. The van der Waals surface area contributed by atoms with Crippen LogP contribution < -0.4 is 4.74 Å². The molecule has 1 aromatic heterocycles. The van der Waals surface area contributed by atoms with E-state index in [1.54, 1.807) is 24.5 Å². The van der Waals surface area contributed by atoms with Crippen LogP contribution in [0.15, 0.2) is 65.3 Å². The van der Waals surface area contributed by atoms with Crippen molar-refractivity contribution in [2.45, 2.75) is 51.4 Å². The first-order chi connectivity index (χ1) is 15.9. The maximum atomic E-state index is 13.6. The Labute approximate surface area is 192 Å². The largest absolute Gasteiger partial charge is 0.486 e. The Morgan fingerprint density at radius 2 is 2.00 bits per heavy atom. The van der Waals surface area contributed by atoms with E-state index in [0.29, 0.717) is 24.5 Å². The van der Waals surface area contributed by atoms with Crippen molar-refractivity contribution in [2.75, 3.05) is 0 Å². The van der Waals surface area contributed by atoms with Crippen LogP contribution in [0.5, 0.6) is 5.75 Å². The number of furan rings is 1. The van der Waals surface area contributed by atoms with Crippen LogP contribution in [-0.4, -0.2) is 23.3 Å². The van der Waals surface area contributed by atoms with Gasteiger partial charge in [0.1, 0.15) is 30.0 Å². The number of hydrogen-bond donors (Lipinski definition) is 1. The standard InChI is InChI=1S/C27H27FO5/c1-17(2)25-14-23(32-16-22-4-3-11-31-22)15-26(18-5-7-19(28)8-6-18)24(25)10-9-21-12-20(29)13-27(30)33-21/h3-11,14-15,17,20-21,29H,12-13,16H2,1-2H3/b10-9+/t20-,21-/m1/s1. The fraction of sp³-hybridized carbons (Fsp3) is 0.296. The molecular weight excluding hydrogens is 423 g/mol. The van der Waals surface area contributed by atoms with Gasteiger partial charge in [-0.2, -0.15) is 0 Å². The molecule has 0 bridgehead atoms. The van der Waals surface area contributed by atoms with Gasteiger partial charge in [0.05, 0.1) is 18.8 Å². The monoisotopic (exact) mass is 450 g/mol. The van der Waals surface area contributed by atoms with Gasteiger partial charge in [-0.25, -0.2) is 4.39 Å². The fourth-order valence-electron chi connectivity index (χ4n) is 3.94. The molecule has 1 fully saturated rings. The highest BCUT2D eigenvalue weighted by Crippen LogP contribution is 2.36. The average molecular weight is 451 g/mol. The van der Waals surface area contributed by atoms with E-state index >= 15 is 0 Å². The van der Waals surface area contributed by atoms with Gasteiger partial charge in [0, 0.05) is 6.42 Å². The van der Waals surface area contributed by atoms with Gasteiger partial charge in [-0.05, 0) is 70.6 Å². The van der Waals surface area contributed by atoms with Crippen LogP contribution in [0.25, 0.3) is 17.2 Å². The summed E-state index contributed by atoms with van der Waals surface area (Å²) < 4.78 is 30.4. The van der Waals surface area contributed by atoms with Crippen LogP contribution >= 0.6 is 0 Å². The van der Waals surface area contributed by atoms with Crippen molar-refractivity contribution in [3.63, 3.8) is 0 Å². The molecule has 1 aliphatic rings. The highest BCUT2D eigenvalue weighted by atomic mass is 19.1. The topological polar surface area (TPSA) is 68.9 Å². The first-order valence-electron chi connectivity index (χ1n) is 11.0. The van der Waals surface area contributed by atoms with E-state index in [-0.39, 0.29) is 18.2 Å². The van der Waals surface area contributed by atoms with Crippen LogP contribution in [0.4, 0.5) is 4.39 Å². The molecule has 1 aliphatic heterocycles. The van der Waals surface area contributed by atoms with E-state index in [9.17, 15) is 14.3 Å². The highest BCUT2D eigenvalue weighted by molar-refractivity contribution is 5.79. The second kappa shape index (κ2) is 10.0. The van der Waals surface area contributed by atoms with Crippen LogP contribution in [-0.2, 0) is 16.1 Å². The molecule has 0 unspecified atom stereocenters. The van der Waals surface area contributed by atoms with Gasteiger partial charge >= 0.3 is 5.97 Å². The summed E-state index contributed by atoms with van der Waals surface area (Å²) in [5.41, 5.74) is 3.67. The molecule has 2 heterocycles. The van der Waals surface area contributed by atoms with Crippen molar-refractivity contribution in [1.29, 1.82) is 0 Å². The van der Waals surface area contributed by atoms with Gasteiger partial charge in [-0.15, -0.1) is 0 Å². The molecule has 0 radical (unpaired) electrons. The number of carbonyl (C=O) groups is 1. The Morgan fingerprint density at radius 1 is 1.21 bits per heavy atom. The molecule has 3 aromatic rings. The predicted molar refractivity (Wildman–Crippen MR) is 123 cm³/mol. The molecular formula is C27H27FO5. The number of benzene rings is 2. The summed E-state index contributed by atoms with van der Waals surface area (Å²) >= 11 is 0. The predicted octanol–water partition coefficient (Wildman–Crippen LogP) is 5.87. The molecule has 5 nitrogen and oxygen atoms in total. The molecule has 1 saturated heterocycles. The minimum atomic E-state index is -0.709. The molecule has 2 aromatic carbocycles. The maximum Gasteiger partial charge on any atom is 0.309 e. The second-order valence-electron chi connectivity index (χ2n) is 8.48. The van der Waals surface area contributed by atoms with Gasteiger partial charge < -0.3 is 19.0 Å². The summed E-state index contributed by atoms with van der Waals surface area (Å²) in [7, 11) is 0. The fourth-order valence-corrected chi connectivity index (χ4v) is 3.94. The Kier molecular flexibility index (Phi) is 6.94. The summed E-state index contributed by atoms with van der Waals surface area (Å²) in [4.78, 5) is 11.7. The SMILES string of the molecule is CC(C)c1cc(OCc2ccco2)cc(-c2ccc(F)cc2)c1/C=C/[C@@H]1C[C@@H](O)CC(=O)O1. The summed E-state index contributed by atoms with van der Waals surface area (Å²) in [5, 5.41) is 9.93. The Hall–Kier alpha value is -3.38. The minimum absolute atomic E-state index is 0.0180. The number of halogens is 1. The van der Waals surface area contributed by atoms with Crippen molar-refractivity contribution in [1.82, 2.24) is 0 Å². The van der Waals surface area contributed by atoms with E-state index in [0.717, 1.165) is 22.3 Å². The Morgan fingerprint density at radius 3 is 2.67 bits per heavy atom. The van der Waals surface area contributed by atoms with Crippen molar-refractivity contribution < 1.29 is 28.2 Å². The van der Waals surface area contributed by atoms with Crippen molar-refractivity contribution in [3.8, 4) is 16.9 Å². The lowest BCUT2D eigenvalue weighted by atomic mass is 9.89. The molecule has 172 valence electrons. The molecule has 4 rings (SSSR count). The summed E-state index contributed by atoms with van der Waals surface area (Å²) in [6, 6.07) is 13.9. The minimum Gasteiger partial charge on any atom is -0.486 e. The Balaban J connectivity index is 1.74. The van der Waals surface area contributed by atoms with Crippen LogP contribution in [0, 0.1) is 5.82 Å². The zero-order valence-electron chi connectivity index (χ0n) is 18.7. The zero-order chi connectivity index (χ0) is 23.4. The molecule has 6 heteroatoms. The molecule has 33 heavy (non-hydrogen) atoms. The lowest BCUT2D eigenvalue weighted by Gasteiger charge is -2.24. The molecule has 0 aliphatic carbocycles. The molecule has 2 atom stereocenters. The molecule has 0 spiro atoms. The summed E-state index contributed by atoms with van der Waals surface area (Å²) in [6.45, 7) is 4.46.